The van der Waals surface area contributed by atoms with Gasteiger partial charge in [-0.3, -0.25) is 0 Å². The van der Waals surface area contributed by atoms with Gasteiger partial charge in [0.05, 0.1) is 9.83 Å². The monoisotopic (exact) mass is 330 g/mol. The average Bonchev–Trinajstić information content (AvgIpc) is 2.75. The van der Waals surface area contributed by atoms with Crippen LogP contribution in [0.4, 0.5) is 5.69 Å². The predicted molar refractivity (Wildman–Crippen MR) is 78.9 cm³/mol. The second kappa shape index (κ2) is 5.87. The summed E-state index contributed by atoms with van der Waals surface area (Å²) in [5.74, 6) is 0. The standard InChI is InChI=1S/C12H12BrClN2S/c13-12-6-5-11(17-12)10(7-15)16-9-3-1-8(14)2-4-9/h1-6,10,16H,7,15H2. The van der Waals surface area contributed by atoms with Crippen molar-refractivity contribution in [1.29, 1.82) is 0 Å². The minimum absolute atomic E-state index is 0.132. The van der Waals surface area contributed by atoms with Crippen molar-refractivity contribution in [3.63, 3.8) is 0 Å². The van der Waals surface area contributed by atoms with Gasteiger partial charge >= 0.3 is 0 Å². The van der Waals surface area contributed by atoms with Crippen LogP contribution in [0, 0.1) is 0 Å². The molecule has 17 heavy (non-hydrogen) atoms. The minimum Gasteiger partial charge on any atom is -0.376 e. The van der Waals surface area contributed by atoms with Crippen LogP contribution in [0.3, 0.4) is 0 Å². The van der Waals surface area contributed by atoms with Crippen LogP contribution in [0.1, 0.15) is 10.9 Å². The maximum Gasteiger partial charge on any atom is 0.0729 e. The summed E-state index contributed by atoms with van der Waals surface area (Å²) >= 11 is 11.0. The highest BCUT2D eigenvalue weighted by Crippen LogP contribution is 2.29. The van der Waals surface area contributed by atoms with Crippen LogP contribution < -0.4 is 11.1 Å². The Bertz CT molecular complexity index is 484. The first-order valence-corrected chi connectivity index (χ1v) is 7.15. The number of hydrogen-bond acceptors (Lipinski definition) is 3. The Balaban J connectivity index is 2.12. The summed E-state index contributed by atoms with van der Waals surface area (Å²) in [4.78, 5) is 1.22. The van der Waals surface area contributed by atoms with E-state index >= 15 is 0 Å². The molecule has 0 radical (unpaired) electrons. The first-order chi connectivity index (χ1) is 8.19. The van der Waals surface area contributed by atoms with E-state index in [1.165, 1.54) is 4.88 Å². The Hall–Kier alpha value is -0.550. The number of nitrogens with one attached hydrogen (secondary N) is 1. The van der Waals surface area contributed by atoms with E-state index in [1.807, 2.05) is 30.3 Å². The SMILES string of the molecule is NCC(Nc1ccc(Cl)cc1)c1ccc(Br)s1. The third-order valence-corrected chi connectivity index (χ3v) is 4.35. The van der Waals surface area contributed by atoms with Crippen molar-refractivity contribution in [1.82, 2.24) is 0 Å². The molecule has 0 saturated heterocycles. The smallest absolute Gasteiger partial charge is 0.0729 e. The summed E-state index contributed by atoms with van der Waals surface area (Å²) in [5.41, 5.74) is 6.82. The molecule has 0 bridgehead atoms. The van der Waals surface area contributed by atoms with Gasteiger partial charge in [-0.2, -0.15) is 0 Å². The van der Waals surface area contributed by atoms with Crippen LogP contribution in [0.25, 0.3) is 0 Å². The Morgan fingerprint density at radius 2 is 1.94 bits per heavy atom. The maximum atomic E-state index is 5.85. The van der Waals surface area contributed by atoms with Crippen LogP contribution >= 0.6 is 38.9 Å². The molecule has 1 aromatic heterocycles. The van der Waals surface area contributed by atoms with E-state index in [2.05, 4.69) is 27.3 Å². The molecular weight excluding hydrogens is 320 g/mol. The fourth-order valence-corrected chi connectivity index (χ4v) is 3.12. The lowest BCUT2D eigenvalue weighted by Gasteiger charge is -2.16. The van der Waals surface area contributed by atoms with Crippen molar-refractivity contribution in [3.8, 4) is 0 Å². The Morgan fingerprint density at radius 3 is 2.47 bits per heavy atom. The number of nitrogens with two attached hydrogens (primary N) is 1. The van der Waals surface area contributed by atoms with E-state index in [1.54, 1.807) is 11.3 Å². The first kappa shape index (κ1) is 12.9. The Kier molecular flexibility index (Phi) is 4.45. The van der Waals surface area contributed by atoms with Crippen molar-refractivity contribution < 1.29 is 0 Å². The van der Waals surface area contributed by atoms with E-state index in [9.17, 15) is 0 Å². The van der Waals surface area contributed by atoms with Crippen molar-refractivity contribution in [2.24, 2.45) is 5.73 Å². The van der Waals surface area contributed by atoms with Crippen LogP contribution in [-0.2, 0) is 0 Å². The van der Waals surface area contributed by atoms with E-state index in [4.69, 9.17) is 17.3 Å². The second-order valence-corrected chi connectivity index (χ2v) is 6.51. The van der Waals surface area contributed by atoms with Crippen molar-refractivity contribution in [2.45, 2.75) is 6.04 Å². The third kappa shape index (κ3) is 3.45. The number of hydrogen-bond donors (Lipinski definition) is 2. The maximum absolute atomic E-state index is 5.85. The van der Waals surface area contributed by atoms with Crippen LogP contribution in [0.2, 0.25) is 5.02 Å². The van der Waals surface area contributed by atoms with Crippen molar-refractivity contribution >= 4 is 44.6 Å². The molecule has 0 fully saturated rings. The molecule has 1 unspecified atom stereocenters. The second-order valence-electron chi connectivity index (χ2n) is 3.58. The molecule has 1 heterocycles. The fourth-order valence-electron chi connectivity index (χ4n) is 1.51. The zero-order valence-corrected chi connectivity index (χ0v) is 12.1. The zero-order valence-electron chi connectivity index (χ0n) is 8.99. The lowest BCUT2D eigenvalue weighted by atomic mass is 10.2. The van der Waals surface area contributed by atoms with Gasteiger partial charge in [-0.1, -0.05) is 11.6 Å². The van der Waals surface area contributed by atoms with Gasteiger partial charge in [0.25, 0.3) is 0 Å². The summed E-state index contributed by atoms with van der Waals surface area (Å²) < 4.78 is 1.11. The number of rotatable bonds is 4. The van der Waals surface area contributed by atoms with E-state index in [0.29, 0.717) is 6.54 Å². The predicted octanol–water partition coefficient (Wildman–Crippen LogP) is 4.28. The molecule has 0 aliphatic rings. The normalized spacial score (nSPS) is 12.4. The number of halogens is 2. The molecule has 0 aliphatic heterocycles. The molecule has 0 saturated carbocycles. The molecule has 0 aliphatic carbocycles. The molecule has 3 N–H and O–H groups in total. The van der Waals surface area contributed by atoms with Gasteiger partial charge in [-0.25, -0.2) is 0 Å². The summed E-state index contributed by atoms with van der Waals surface area (Å²) in [6, 6.07) is 11.9. The van der Waals surface area contributed by atoms with Crippen LogP contribution in [0.5, 0.6) is 0 Å². The number of benzene rings is 1. The summed E-state index contributed by atoms with van der Waals surface area (Å²) in [6.45, 7) is 0.551. The zero-order chi connectivity index (χ0) is 12.3. The van der Waals surface area contributed by atoms with Gasteiger partial charge in [-0.15, -0.1) is 11.3 Å². The van der Waals surface area contributed by atoms with Gasteiger partial charge in [0.1, 0.15) is 0 Å². The summed E-state index contributed by atoms with van der Waals surface area (Å²) in [6.07, 6.45) is 0. The lowest BCUT2D eigenvalue weighted by Crippen LogP contribution is -2.19. The summed E-state index contributed by atoms with van der Waals surface area (Å²) in [5, 5.41) is 4.13. The molecule has 2 rings (SSSR count). The largest absolute Gasteiger partial charge is 0.376 e. The molecule has 2 aromatic rings. The third-order valence-electron chi connectivity index (χ3n) is 2.36. The minimum atomic E-state index is 0.132. The highest BCUT2D eigenvalue weighted by molar-refractivity contribution is 9.11. The van der Waals surface area contributed by atoms with E-state index in [-0.39, 0.29) is 6.04 Å². The Morgan fingerprint density at radius 1 is 1.24 bits per heavy atom. The van der Waals surface area contributed by atoms with Crippen molar-refractivity contribution in [3.05, 3.63) is 50.1 Å². The van der Waals surface area contributed by atoms with E-state index < -0.39 is 0 Å². The van der Waals surface area contributed by atoms with Gasteiger partial charge in [0.2, 0.25) is 0 Å². The van der Waals surface area contributed by atoms with E-state index in [0.717, 1.165) is 14.5 Å². The highest BCUT2D eigenvalue weighted by atomic mass is 79.9. The average molecular weight is 332 g/mol. The van der Waals surface area contributed by atoms with Gasteiger partial charge < -0.3 is 11.1 Å². The molecule has 2 nitrogen and oxygen atoms in total. The lowest BCUT2D eigenvalue weighted by molar-refractivity contribution is 0.806. The Labute approximate surface area is 118 Å². The number of thiophene rings is 1. The van der Waals surface area contributed by atoms with Gasteiger partial charge in [-0.05, 0) is 52.3 Å². The quantitative estimate of drug-likeness (QED) is 0.877. The van der Waals surface area contributed by atoms with Crippen LogP contribution in [-0.4, -0.2) is 6.54 Å². The molecular formula is C12H12BrClN2S. The first-order valence-electron chi connectivity index (χ1n) is 5.16. The topological polar surface area (TPSA) is 38.0 Å². The van der Waals surface area contributed by atoms with Crippen molar-refractivity contribution in [2.75, 3.05) is 11.9 Å². The van der Waals surface area contributed by atoms with Gasteiger partial charge in [0.15, 0.2) is 0 Å². The van der Waals surface area contributed by atoms with Crippen LogP contribution in [0.15, 0.2) is 40.2 Å². The highest BCUT2D eigenvalue weighted by Gasteiger charge is 2.11. The molecule has 1 atom stereocenters. The molecule has 90 valence electrons. The number of anilines is 1. The molecule has 1 aromatic carbocycles. The molecule has 0 amide bonds. The summed E-state index contributed by atoms with van der Waals surface area (Å²) in [7, 11) is 0. The molecule has 0 spiro atoms. The molecule has 5 heteroatoms. The fraction of sp³-hybridized carbons (Fsp3) is 0.167. The van der Waals surface area contributed by atoms with Gasteiger partial charge in [0, 0.05) is 22.1 Å².